The smallest absolute Gasteiger partial charge is 0.242 e. The number of halogens is 1. The molecule has 0 amide bonds. The number of sulfonamides is 1. The fourth-order valence-electron chi connectivity index (χ4n) is 2.21. The summed E-state index contributed by atoms with van der Waals surface area (Å²) < 4.78 is 33.9. The summed E-state index contributed by atoms with van der Waals surface area (Å²) in [5.74, 6) is 0. The van der Waals surface area contributed by atoms with Gasteiger partial charge < -0.3 is 10.5 Å². The molecule has 2 rings (SSSR count). The minimum absolute atomic E-state index is 0.159. The first kappa shape index (κ1) is 15.9. The van der Waals surface area contributed by atoms with E-state index >= 15 is 0 Å². The molecule has 7 heteroatoms. The highest BCUT2D eigenvalue weighted by Gasteiger charge is 2.41. The zero-order valence-electron chi connectivity index (χ0n) is 11.5. The number of rotatable bonds is 4. The predicted octanol–water partition coefficient (Wildman–Crippen LogP) is 1.75. The number of ether oxygens (including phenoxy) is 1. The molecule has 1 saturated heterocycles. The van der Waals surface area contributed by atoms with Crippen LogP contribution in [0, 0.1) is 0 Å². The van der Waals surface area contributed by atoms with Gasteiger partial charge in [-0.05, 0) is 53.9 Å². The highest BCUT2D eigenvalue weighted by Crippen LogP contribution is 2.29. The van der Waals surface area contributed by atoms with Gasteiger partial charge in [-0.15, -0.1) is 0 Å². The van der Waals surface area contributed by atoms with Crippen molar-refractivity contribution < 1.29 is 13.2 Å². The molecule has 1 fully saturated rings. The fraction of sp³-hybridized carbons (Fsp3) is 0.538. The standard InChI is InChI=1S/C13H19BrN2O3S/c1-9-13(2,5-6-19-9)16-20(17,18)12-7-10(8-15)3-4-11(12)14/h3-4,7,9,16H,5-6,8,15H2,1-2H3. The topological polar surface area (TPSA) is 81.4 Å². The SMILES string of the molecule is CC1OCCC1(C)NS(=O)(=O)c1cc(CN)ccc1Br. The Labute approximate surface area is 128 Å². The van der Waals surface area contributed by atoms with Crippen molar-refractivity contribution in [2.24, 2.45) is 5.73 Å². The third kappa shape index (κ3) is 3.07. The summed E-state index contributed by atoms with van der Waals surface area (Å²) in [7, 11) is -3.63. The van der Waals surface area contributed by atoms with Crippen LogP contribution < -0.4 is 10.5 Å². The first-order chi connectivity index (χ1) is 9.28. The molecule has 0 aliphatic carbocycles. The van der Waals surface area contributed by atoms with E-state index in [-0.39, 0.29) is 11.0 Å². The first-order valence-corrected chi connectivity index (χ1v) is 8.70. The molecular formula is C13H19BrN2O3S. The first-order valence-electron chi connectivity index (χ1n) is 6.42. The molecule has 1 heterocycles. The highest BCUT2D eigenvalue weighted by atomic mass is 79.9. The van der Waals surface area contributed by atoms with E-state index in [2.05, 4.69) is 20.7 Å². The molecule has 2 atom stereocenters. The van der Waals surface area contributed by atoms with Crippen molar-refractivity contribution in [1.29, 1.82) is 0 Å². The molecule has 2 unspecified atom stereocenters. The van der Waals surface area contributed by atoms with Crippen LogP contribution in [0.25, 0.3) is 0 Å². The average molecular weight is 363 g/mol. The molecule has 1 aliphatic heterocycles. The van der Waals surface area contributed by atoms with E-state index in [0.717, 1.165) is 5.56 Å². The minimum Gasteiger partial charge on any atom is -0.376 e. The zero-order valence-corrected chi connectivity index (χ0v) is 13.9. The molecule has 1 aromatic carbocycles. The van der Waals surface area contributed by atoms with E-state index in [0.29, 0.717) is 24.0 Å². The van der Waals surface area contributed by atoms with Gasteiger partial charge in [-0.3, -0.25) is 0 Å². The van der Waals surface area contributed by atoms with E-state index in [4.69, 9.17) is 10.5 Å². The van der Waals surface area contributed by atoms with Crippen LogP contribution in [0.4, 0.5) is 0 Å². The predicted molar refractivity (Wildman–Crippen MR) is 80.8 cm³/mol. The van der Waals surface area contributed by atoms with E-state index in [1.165, 1.54) is 0 Å². The molecule has 0 spiro atoms. The molecule has 1 aliphatic rings. The van der Waals surface area contributed by atoms with Crippen molar-refractivity contribution in [3.63, 3.8) is 0 Å². The summed E-state index contributed by atoms with van der Waals surface area (Å²) in [6.07, 6.45) is 0.496. The molecule has 0 bridgehead atoms. The third-order valence-corrected chi connectivity index (χ3v) is 6.38. The molecule has 1 aromatic rings. The van der Waals surface area contributed by atoms with Crippen LogP contribution in [-0.2, 0) is 21.3 Å². The van der Waals surface area contributed by atoms with Gasteiger partial charge >= 0.3 is 0 Å². The molecular weight excluding hydrogens is 344 g/mol. The second-order valence-electron chi connectivity index (χ2n) is 5.25. The monoisotopic (exact) mass is 362 g/mol. The molecule has 112 valence electrons. The maximum atomic E-state index is 12.6. The van der Waals surface area contributed by atoms with E-state index in [1.807, 2.05) is 13.8 Å². The summed E-state index contributed by atoms with van der Waals surface area (Å²) >= 11 is 3.29. The maximum Gasteiger partial charge on any atom is 0.242 e. The second kappa shape index (κ2) is 5.73. The summed E-state index contributed by atoms with van der Waals surface area (Å²) in [6.45, 7) is 4.60. The lowest BCUT2D eigenvalue weighted by atomic mass is 9.97. The molecule has 0 aromatic heterocycles. The lowest BCUT2D eigenvalue weighted by Crippen LogP contribution is -2.50. The van der Waals surface area contributed by atoms with Crippen LogP contribution in [0.2, 0.25) is 0 Å². The van der Waals surface area contributed by atoms with Crippen LogP contribution in [-0.4, -0.2) is 26.7 Å². The number of benzene rings is 1. The van der Waals surface area contributed by atoms with Crippen LogP contribution in [0.3, 0.4) is 0 Å². The van der Waals surface area contributed by atoms with Crippen LogP contribution in [0.15, 0.2) is 27.6 Å². The lowest BCUT2D eigenvalue weighted by molar-refractivity contribution is 0.0957. The van der Waals surface area contributed by atoms with Crippen LogP contribution in [0.1, 0.15) is 25.8 Å². The van der Waals surface area contributed by atoms with E-state index in [1.54, 1.807) is 18.2 Å². The third-order valence-electron chi connectivity index (χ3n) is 3.77. The van der Waals surface area contributed by atoms with Gasteiger partial charge in [-0.25, -0.2) is 13.1 Å². The van der Waals surface area contributed by atoms with Gasteiger partial charge in [-0.2, -0.15) is 0 Å². The van der Waals surface area contributed by atoms with Crippen molar-refractivity contribution in [3.8, 4) is 0 Å². The number of hydrogen-bond acceptors (Lipinski definition) is 4. The molecule has 0 saturated carbocycles. The van der Waals surface area contributed by atoms with E-state index in [9.17, 15) is 8.42 Å². The Bertz CT molecular complexity index is 606. The summed E-state index contributed by atoms with van der Waals surface area (Å²) in [4.78, 5) is 0.209. The van der Waals surface area contributed by atoms with Crippen molar-refractivity contribution in [3.05, 3.63) is 28.2 Å². The van der Waals surface area contributed by atoms with Gasteiger partial charge in [0.05, 0.1) is 16.5 Å². The lowest BCUT2D eigenvalue weighted by Gasteiger charge is -2.28. The van der Waals surface area contributed by atoms with Crippen molar-refractivity contribution in [2.45, 2.75) is 43.4 Å². The van der Waals surface area contributed by atoms with Crippen LogP contribution in [0.5, 0.6) is 0 Å². The van der Waals surface area contributed by atoms with E-state index < -0.39 is 15.6 Å². The Balaban J connectivity index is 2.36. The fourth-order valence-corrected chi connectivity index (χ4v) is 4.72. The van der Waals surface area contributed by atoms with Crippen LogP contribution >= 0.6 is 15.9 Å². The molecule has 5 nitrogen and oxygen atoms in total. The van der Waals surface area contributed by atoms with Gasteiger partial charge in [0.15, 0.2) is 0 Å². The normalized spacial score (nSPS) is 26.9. The van der Waals surface area contributed by atoms with Gasteiger partial charge in [0.2, 0.25) is 10.0 Å². The summed E-state index contributed by atoms with van der Waals surface area (Å²) in [5, 5.41) is 0. The zero-order chi connectivity index (χ0) is 15.0. The number of nitrogens with one attached hydrogen (secondary N) is 1. The van der Waals surface area contributed by atoms with Crippen molar-refractivity contribution in [1.82, 2.24) is 4.72 Å². The molecule has 3 N–H and O–H groups in total. The Morgan fingerprint density at radius 2 is 2.25 bits per heavy atom. The largest absolute Gasteiger partial charge is 0.376 e. The van der Waals surface area contributed by atoms with Crippen molar-refractivity contribution in [2.75, 3.05) is 6.61 Å². The minimum atomic E-state index is -3.63. The number of hydrogen-bond donors (Lipinski definition) is 2. The van der Waals surface area contributed by atoms with Gasteiger partial charge in [0.25, 0.3) is 0 Å². The summed E-state index contributed by atoms with van der Waals surface area (Å²) in [6, 6.07) is 5.09. The maximum absolute atomic E-state index is 12.6. The Morgan fingerprint density at radius 3 is 2.80 bits per heavy atom. The summed E-state index contributed by atoms with van der Waals surface area (Å²) in [5.41, 5.74) is 5.76. The quantitative estimate of drug-likeness (QED) is 0.854. The molecule has 0 radical (unpaired) electrons. The van der Waals surface area contributed by atoms with Gasteiger partial charge in [0, 0.05) is 17.6 Å². The number of nitrogens with two attached hydrogens (primary N) is 1. The molecule has 20 heavy (non-hydrogen) atoms. The Kier molecular flexibility index (Phi) is 4.56. The van der Waals surface area contributed by atoms with Gasteiger partial charge in [0.1, 0.15) is 0 Å². The Hall–Kier alpha value is -0.470. The average Bonchev–Trinajstić information content (AvgIpc) is 2.68. The Morgan fingerprint density at radius 1 is 1.55 bits per heavy atom. The second-order valence-corrected chi connectivity index (χ2v) is 7.76. The van der Waals surface area contributed by atoms with Crippen molar-refractivity contribution >= 4 is 26.0 Å². The van der Waals surface area contributed by atoms with Gasteiger partial charge in [-0.1, -0.05) is 6.07 Å². The highest BCUT2D eigenvalue weighted by molar-refractivity contribution is 9.10.